The van der Waals surface area contributed by atoms with Gasteiger partial charge in [0.05, 0.1) is 5.70 Å². The van der Waals surface area contributed by atoms with Crippen LogP contribution in [-0.2, 0) is 0 Å². The minimum absolute atomic E-state index is 0.0223. The standard InChI is InChI=1S/C15H18N2O/c1-10(18)14-11(6-5-9-16-14)12-7-8-13(17-12)15(2,3)4/h5-7,9H,8H2,1-4H3. The molecule has 1 aliphatic heterocycles. The van der Waals surface area contributed by atoms with Crippen LogP contribution in [0.5, 0.6) is 0 Å². The highest BCUT2D eigenvalue weighted by Crippen LogP contribution is 2.30. The van der Waals surface area contributed by atoms with E-state index in [-0.39, 0.29) is 11.2 Å². The van der Waals surface area contributed by atoms with E-state index in [1.165, 1.54) is 6.92 Å². The monoisotopic (exact) mass is 242 g/mol. The van der Waals surface area contributed by atoms with Crippen LogP contribution >= 0.6 is 0 Å². The number of carbonyl (C=O) groups excluding carboxylic acids is 1. The lowest BCUT2D eigenvalue weighted by Crippen LogP contribution is -2.17. The summed E-state index contributed by atoms with van der Waals surface area (Å²) in [4.78, 5) is 20.4. The molecular formula is C15H18N2O. The summed E-state index contributed by atoms with van der Waals surface area (Å²) in [7, 11) is 0. The molecule has 18 heavy (non-hydrogen) atoms. The number of aromatic nitrogens is 1. The van der Waals surface area contributed by atoms with Crippen molar-refractivity contribution in [1.29, 1.82) is 0 Å². The topological polar surface area (TPSA) is 42.3 Å². The highest BCUT2D eigenvalue weighted by Gasteiger charge is 2.23. The first-order chi connectivity index (χ1) is 8.39. The maximum atomic E-state index is 11.6. The molecule has 0 bridgehead atoms. The summed E-state index contributed by atoms with van der Waals surface area (Å²) in [6.07, 6.45) is 4.57. The van der Waals surface area contributed by atoms with Crippen molar-refractivity contribution in [3.8, 4) is 0 Å². The number of rotatable bonds is 2. The summed E-state index contributed by atoms with van der Waals surface area (Å²) in [6, 6.07) is 3.75. The lowest BCUT2D eigenvalue weighted by molar-refractivity contribution is 0.101. The van der Waals surface area contributed by atoms with Gasteiger partial charge >= 0.3 is 0 Å². The molecule has 0 spiro atoms. The van der Waals surface area contributed by atoms with E-state index in [0.29, 0.717) is 5.69 Å². The lowest BCUT2D eigenvalue weighted by atomic mass is 9.89. The van der Waals surface area contributed by atoms with Gasteiger partial charge in [-0.15, -0.1) is 0 Å². The fraction of sp³-hybridized carbons (Fsp3) is 0.400. The molecule has 0 saturated heterocycles. The minimum atomic E-state index is -0.0223. The molecule has 0 radical (unpaired) electrons. The summed E-state index contributed by atoms with van der Waals surface area (Å²) in [6.45, 7) is 7.99. The van der Waals surface area contributed by atoms with Crippen LogP contribution in [0.15, 0.2) is 29.4 Å². The second-order valence-electron chi connectivity index (χ2n) is 5.56. The number of hydrogen-bond donors (Lipinski definition) is 0. The molecular weight excluding hydrogens is 224 g/mol. The van der Waals surface area contributed by atoms with Crippen LogP contribution in [0.3, 0.4) is 0 Å². The molecule has 0 fully saturated rings. The number of Topliss-reactive ketones (excluding diaryl/α,β-unsaturated/α-hetero) is 1. The molecule has 0 unspecified atom stereocenters. The van der Waals surface area contributed by atoms with Gasteiger partial charge in [-0.1, -0.05) is 26.8 Å². The first-order valence-corrected chi connectivity index (χ1v) is 6.14. The number of hydrogen-bond acceptors (Lipinski definition) is 3. The van der Waals surface area contributed by atoms with Crippen molar-refractivity contribution in [2.75, 3.05) is 0 Å². The van der Waals surface area contributed by atoms with Gasteiger partial charge in [0.15, 0.2) is 5.78 Å². The second-order valence-corrected chi connectivity index (χ2v) is 5.56. The van der Waals surface area contributed by atoms with Crippen molar-refractivity contribution in [1.82, 2.24) is 4.98 Å². The fourth-order valence-electron chi connectivity index (χ4n) is 1.97. The molecule has 2 rings (SSSR count). The Balaban J connectivity index is 2.41. The quantitative estimate of drug-likeness (QED) is 0.745. The average molecular weight is 242 g/mol. The van der Waals surface area contributed by atoms with Gasteiger partial charge < -0.3 is 0 Å². The molecule has 94 valence electrons. The molecule has 2 heterocycles. The third-order valence-electron chi connectivity index (χ3n) is 3.03. The molecule has 3 heteroatoms. The van der Waals surface area contributed by atoms with E-state index in [4.69, 9.17) is 0 Å². The second kappa shape index (κ2) is 4.48. The molecule has 3 nitrogen and oxygen atoms in total. The zero-order valence-electron chi connectivity index (χ0n) is 11.3. The first kappa shape index (κ1) is 12.7. The summed E-state index contributed by atoms with van der Waals surface area (Å²) in [5.74, 6) is -0.0223. The highest BCUT2D eigenvalue weighted by atomic mass is 16.1. The Kier molecular flexibility index (Phi) is 3.16. The largest absolute Gasteiger partial charge is 0.293 e. The molecule has 1 aromatic heterocycles. The van der Waals surface area contributed by atoms with Crippen molar-refractivity contribution in [2.45, 2.75) is 34.1 Å². The molecule has 1 aromatic rings. The van der Waals surface area contributed by atoms with Crippen molar-refractivity contribution in [2.24, 2.45) is 10.4 Å². The van der Waals surface area contributed by atoms with E-state index in [1.54, 1.807) is 6.20 Å². The van der Waals surface area contributed by atoms with Crippen LogP contribution in [0.1, 0.15) is 50.2 Å². The number of allylic oxidation sites excluding steroid dienone is 1. The Morgan fingerprint density at radius 3 is 2.61 bits per heavy atom. The molecule has 0 aliphatic carbocycles. The summed E-state index contributed by atoms with van der Waals surface area (Å²) < 4.78 is 0. The van der Waals surface area contributed by atoms with E-state index in [2.05, 4.69) is 36.8 Å². The minimum Gasteiger partial charge on any atom is -0.293 e. The van der Waals surface area contributed by atoms with Crippen LogP contribution in [0.4, 0.5) is 0 Å². The summed E-state index contributed by atoms with van der Waals surface area (Å²) >= 11 is 0. The Bertz CT molecular complexity index is 548. The summed E-state index contributed by atoms with van der Waals surface area (Å²) in [5, 5.41) is 0. The van der Waals surface area contributed by atoms with Crippen molar-refractivity contribution in [3.05, 3.63) is 35.7 Å². The van der Waals surface area contributed by atoms with Gasteiger partial charge in [-0.05, 0) is 12.1 Å². The highest BCUT2D eigenvalue weighted by molar-refractivity contribution is 6.02. The van der Waals surface area contributed by atoms with Crippen LogP contribution < -0.4 is 0 Å². The smallest absolute Gasteiger partial charge is 0.178 e. The number of ketones is 1. The maximum Gasteiger partial charge on any atom is 0.178 e. The van der Waals surface area contributed by atoms with E-state index in [9.17, 15) is 4.79 Å². The van der Waals surface area contributed by atoms with Gasteiger partial charge in [0.1, 0.15) is 5.69 Å². The molecule has 0 saturated carbocycles. The van der Waals surface area contributed by atoms with E-state index in [1.807, 2.05) is 12.1 Å². The van der Waals surface area contributed by atoms with Gasteiger partial charge in [-0.3, -0.25) is 14.8 Å². The number of pyridine rings is 1. The lowest BCUT2D eigenvalue weighted by Gasteiger charge is -2.17. The zero-order valence-corrected chi connectivity index (χ0v) is 11.3. The maximum absolute atomic E-state index is 11.6. The molecule has 0 atom stereocenters. The fourth-order valence-corrected chi connectivity index (χ4v) is 1.97. The third-order valence-corrected chi connectivity index (χ3v) is 3.03. The zero-order chi connectivity index (χ0) is 13.3. The number of nitrogens with zero attached hydrogens (tertiary/aromatic N) is 2. The van der Waals surface area contributed by atoms with Crippen molar-refractivity contribution < 1.29 is 4.79 Å². The van der Waals surface area contributed by atoms with Crippen LogP contribution in [0.2, 0.25) is 0 Å². The molecule has 0 aromatic carbocycles. The normalized spacial score (nSPS) is 15.3. The predicted octanol–water partition coefficient (Wildman–Crippen LogP) is 3.52. The van der Waals surface area contributed by atoms with Gasteiger partial charge in [0, 0.05) is 36.2 Å². The van der Waals surface area contributed by atoms with Gasteiger partial charge in [-0.25, -0.2) is 0 Å². The Morgan fingerprint density at radius 2 is 2.06 bits per heavy atom. The van der Waals surface area contributed by atoms with Crippen LogP contribution in [-0.4, -0.2) is 16.5 Å². The van der Waals surface area contributed by atoms with E-state index in [0.717, 1.165) is 23.4 Å². The average Bonchev–Trinajstić information content (AvgIpc) is 2.77. The van der Waals surface area contributed by atoms with E-state index < -0.39 is 0 Å². The Hall–Kier alpha value is -1.77. The van der Waals surface area contributed by atoms with Gasteiger partial charge in [0.25, 0.3) is 0 Å². The van der Waals surface area contributed by atoms with Gasteiger partial charge in [0.2, 0.25) is 0 Å². The molecule has 0 amide bonds. The summed E-state index contributed by atoms with van der Waals surface area (Å²) in [5.41, 5.74) is 3.43. The SMILES string of the molecule is CC(=O)c1ncccc1C1=CCC(C(C)(C)C)=N1. The van der Waals surface area contributed by atoms with Crippen LogP contribution in [0, 0.1) is 5.41 Å². The van der Waals surface area contributed by atoms with Crippen molar-refractivity contribution in [3.63, 3.8) is 0 Å². The first-order valence-electron chi connectivity index (χ1n) is 6.14. The van der Waals surface area contributed by atoms with Crippen LogP contribution in [0.25, 0.3) is 5.70 Å². The number of carbonyl (C=O) groups is 1. The molecule has 0 N–H and O–H groups in total. The Labute approximate surface area is 108 Å². The van der Waals surface area contributed by atoms with Gasteiger partial charge in [-0.2, -0.15) is 0 Å². The molecule has 1 aliphatic rings. The van der Waals surface area contributed by atoms with Crippen molar-refractivity contribution >= 4 is 17.2 Å². The predicted molar refractivity (Wildman–Crippen MR) is 73.7 cm³/mol. The number of aliphatic imine (C=N–C) groups is 1. The third kappa shape index (κ3) is 2.40. The van der Waals surface area contributed by atoms with E-state index >= 15 is 0 Å². The Morgan fingerprint density at radius 1 is 1.33 bits per heavy atom.